The Hall–Kier alpha value is -3.85. The van der Waals surface area contributed by atoms with Crippen molar-refractivity contribution in [2.45, 2.75) is 11.4 Å². The summed E-state index contributed by atoms with van der Waals surface area (Å²) in [6.45, 7) is 0.145. The van der Waals surface area contributed by atoms with E-state index in [-0.39, 0.29) is 17.3 Å². The van der Waals surface area contributed by atoms with Gasteiger partial charge in [0.05, 0.1) is 23.6 Å². The molecule has 4 N–H and O–H groups in total. The van der Waals surface area contributed by atoms with Crippen LogP contribution in [-0.2, 0) is 16.6 Å². The van der Waals surface area contributed by atoms with Crippen molar-refractivity contribution in [2.75, 3.05) is 16.0 Å². The van der Waals surface area contributed by atoms with Gasteiger partial charge in [0.1, 0.15) is 4.90 Å². The second kappa shape index (κ2) is 7.53. The zero-order chi connectivity index (χ0) is 21.3. The van der Waals surface area contributed by atoms with E-state index in [1.807, 2.05) is 4.72 Å². The lowest BCUT2D eigenvalue weighted by Gasteiger charge is -2.29. The van der Waals surface area contributed by atoms with Gasteiger partial charge in [-0.15, -0.1) is 0 Å². The van der Waals surface area contributed by atoms with E-state index in [4.69, 9.17) is 5.73 Å². The summed E-state index contributed by atoms with van der Waals surface area (Å²) in [5, 5.41) is 2.75. The summed E-state index contributed by atoms with van der Waals surface area (Å²) in [6, 6.07) is 19.2. The summed E-state index contributed by atoms with van der Waals surface area (Å²) >= 11 is 0. The molecule has 0 fully saturated rings. The number of nitrogen functional groups attached to an aromatic ring is 1. The number of hydrogen-bond acceptors (Lipinski definition) is 5. The lowest BCUT2D eigenvalue weighted by molar-refractivity contribution is 0.102. The van der Waals surface area contributed by atoms with Crippen molar-refractivity contribution < 1.29 is 18.0 Å². The molecule has 0 unspecified atom stereocenters. The molecule has 0 aliphatic carbocycles. The van der Waals surface area contributed by atoms with Gasteiger partial charge < -0.3 is 11.1 Å². The van der Waals surface area contributed by atoms with Gasteiger partial charge in [0.2, 0.25) is 0 Å². The highest BCUT2D eigenvalue weighted by Gasteiger charge is 2.33. The van der Waals surface area contributed by atoms with Gasteiger partial charge >= 0.3 is 6.03 Å². The molecule has 3 amide bonds. The van der Waals surface area contributed by atoms with Gasteiger partial charge in [-0.1, -0.05) is 36.4 Å². The molecule has 0 saturated heterocycles. The zero-order valence-corrected chi connectivity index (χ0v) is 16.5. The summed E-state index contributed by atoms with van der Waals surface area (Å²) in [5.41, 5.74) is 8.30. The van der Waals surface area contributed by atoms with Crippen LogP contribution in [0.5, 0.6) is 0 Å². The molecule has 3 aromatic rings. The van der Waals surface area contributed by atoms with Crippen LogP contribution in [0.15, 0.2) is 77.7 Å². The molecule has 0 saturated carbocycles. The summed E-state index contributed by atoms with van der Waals surface area (Å²) in [7, 11) is -3.87. The van der Waals surface area contributed by atoms with Crippen LogP contribution in [0.4, 0.5) is 21.9 Å². The maximum absolute atomic E-state index is 12.4. The van der Waals surface area contributed by atoms with Crippen molar-refractivity contribution in [3.05, 3.63) is 83.9 Å². The fourth-order valence-electron chi connectivity index (χ4n) is 3.15. The maximum atomic E-state index is 12.4. The molecule has 0 aromatic heterocycles. The first kappa shape index (κ1) is 19.5. The Morgan fingerprint density at radius 2 is 1.63 bits per heavy atom. The number of rotatable bonds is 4. The van der Waals surface area contributed by atoms with Gasteiger partial charge in [-0.05, 0) is 42.0 Å². The Balaban J connectivity index is 1.53. The predicted molar refractivity (Wildman–Crippen MR) is 114 cm³/mol. The Morgan fingerprint density at radius 3 is 2.37 bits per heavy atom. The summed E-state index contributed by atoms with van der Waals surface area (Å²) < 4.78 is 26.4. The van der Waals surface area contributed by atoms with Crippen molar-refractivity contribution in [3.8, 4) is 0 Å². The number of nitrogens with two attached hydrogens (primary N) is 1. The summed E-state index contributed by atoms with van der Waals surface area (Å²) in [5.74, 6) is -0.313. The van der Waals surface area contributed by atoms with E-state index in [1.165, 1.54) is 11.0 Å². The Labute approximate surface area is 173 Å². The number of anilines is 3. The van der Waals surface area contributed by atoms with Crippen LogP contribution in [0.25, 0.3) is 0 Å². The van der Waals surface area contributed by atoms with E-state index in [0.29, 0.717) is 22.6 Å². The molecule has 30 heavy (non-hydrogen) atoms. The van der Waals surface area contributed by atoms with Crippen molar-refractivity contribution in [1.29, 1.82) is 0 Å². The van der Waals surface area contributed by atoms with Crippen molar-refractivity contribution >= 4 is 39.0 Å². The van der Waals surface area contributed by atoms with Crippen LogP contribution in [-0.4, -0.2) is 20.4 Å². The van der Waals surface area contributed by atoms with Crippen LogP contribution < -0.4 is 20.7 Å². The van der Waals surface area contributed by atoms with E-state index in [2.05, 4.69) is 5.32 Å². The number of carbonyl (C=O) groups is 2. The first-order valence-corrected chi connectivity index (χ1v) is 10.5. The molecule has 1 aliphatic rings. The highest BCUT2D eigenvalue weighted by molar-refractivity contribution is 7.90. The Bertz CT molecular complexity index is 1240. The number of hydrogen-bond donors (Lipinski definition) is 3. The van der Waals surface area contributed by atoms with Crippen LogP contribution in [0.3, 0.4) is 0 Å². The normalized spacial score (nSPS) is 14.5. The highest BCUT2D eigenvalue weighted by Crippen LogP contribution is 2.30. The van der Waals surface area contributed by atoms with Crippen molar-refractivity contribution in [2.24, 2.45) is 0 Å². The summed E-state index contributed by atoms with van der Waals surface area (Å²) in [4.78, 5) is 26.2. The zero-order valence-electron chi connectivity index (χ0n) is 15.7. The third-order valence-corrected chi connectivity index (χ3v) is 6.05. The van der Waals surface area contributed by atoms with Crippen LogP contribution in [0.2, 0.25) is 0 Å². The van der Waals surface area contributed by atoms with Gasteiger partial charge in [0.25, 0.3) is 15.9 Å². The number of nitrogens with one attached hydrogen (secondary N) is 2. The monoisotopic (exact) mass is 422 g/mol. The molecule has 152 valence electrons. The molecule has 3 aromatic carbocycles. The largest absolute Gasteiger partial charge is 0.397 e. The second-order valence-electron chi connectivity index (χ2n) is 6.70. The van der Waals surface area contributed by atoms with E-state index >= 15 is 0 Å². The predicted octanol–water partition coefficient (Wildman–Crippen LogP) is 2.94. The first-order chi connectivity index (χ1) is 14.3. The Kier molecular flexibility index (Phi) is 4.88. The molecule has 0 radical (unpaired) electrons. The third kappa shape index (κ3) is 3.70. The Morgan fingerprint density at radius 1 is 0.967 bits per heavy atom. The number of carbonyl (C=O) groups excluding carboxylic acids is 2. The minimum Gasteiger partial charge on any atom is -0.397 e. The summed E-state index contributed by atoms with van der Waals surface area (Å²) in [6.07, 6.45) is 0. The van der Waals surface area contributed by atoms with Gasteiger partial charge in [-0.2, -0.15) is 0 Å². The average Bonchev–Trinajstić information content (AvgIpc) is 2.73. The van der Waals surface area contributed by atoms with Gasteiger partial charge in [-0.25, -0.2) is 17.9 Å². The highest BCUT2D eigenvalue weighted by atomic mass is 32.2. The fraction of sp³-hybridized carbons (Fsp3) is 0.0476. The minimum absolute atomic E-state index is 0.0426. The van der Waals surface area contributed by atoms with Crippen LogP contribution in [0.1, 0.15) is 15.9 Å². The number of para-hydroxylation sites is 3. The number of urea groups is 1. The molecular formula is C21H18N4O4S. The molecule has 9 heteroatoms. The molecular weight excluding hydrogens is 404 g/mol. The molecule has 0 bridgehead atoms. The molecule has 0 atom stereocenters. The average molecular weight is 422 g/mol. The molecule has 1 heterocycles. The van der Waals surface area contributed by atoms with Crippen molar-refractivity contribution in [1.82, 2.24) is 4.72 Å². The number of benzene rings is 3. The first-order valence-electron chi connectivity index (χ1n) is 9.03. The molecule has 1 aliphatic heterocycles. The van der Waals surface area contributed by atoms with Crippen molar-refractivity contribution in [3.63, 3.8) is 0 Å². The number of sulfonamides is 1. The number of amides is 3. The minimum atomic E-state index is -3.87. The third-order valence-electron chi connectivity index (χ3n) is 4.68. The van der Waals surface area contributed by atoms with Gasteiger partial charge in [-0.3, -0.25) is 9.69 Å². The number of fused-ring (bicyclic) bond motifs is 1. The topological polar surface area (TPSA) is 122 Å². The fourth-order valence-corrected chi connectivity index (χ4v) is 4.31. The lowest BCUT2D eigenvalue weighted by Crippen LogP contribution is -2.47. The lowest BCUT2D eigenvalue weighted by atomic mass is 10.1. The van der Waals surface area contributed by atoms with E-state index in [9.17, 15) is 18.0 Å². The molecule has 0 spiro atoms. The van der Waals surface area contributed by atoms with Crippen LogP contribution in [0, 0.1) is 0 Å². The molecule has 8 nitrogen and oxygen atoms in total. The van der Waals surface area contributed by atoms with Gasteiger partial charge in [0, 0.05) is 5.56 Å². The van der Waals surface area contributed by atoms with E-state index in [0.717, 1.165) is 5.56 Å². The van der Waals surface area contributed by atoms with Crippen LogP contribution >= 0.6 is 0 Å². The number of nitrogens with zero attached hydrogens (tertiary/aromatic N) is 1. The van der Waals surface area contributed by atoms with E-state index < -0.39 is 16.1 Å². The maximum Gasteiger partial charge on any atom is 0.336 e. The second-order valence-corrected chi connectivity index (χ2v) is 8.35. The van der Waals surface area contributed by atoms with E-state index in [1.54, 1.807) is 66.7 Å². The molecule has 4 rings (SSSR count). The SMILES string of the molecule is Nc1ccccc1NC(=O)c1ccc(CN2C(=O)NS(=O)(=O)c3ccccc32)cc1. The quantitative estimate of drug-likeness (QED) is 0.558. The van der Waals surface area contributed by atoms with Gasteiger partial charge in [0.15, 0.2) is 0 Å². The standard InChI is InChI=1S/C21H18N4O4S/c22-16-5-1-2-6-17(16)23-20(26)15-11-9-14(10-12-15)13-25-18-7-3-4-8-19(18)30(28,29)24-21(25)27/h1-12H,13,22H2,(H,23,26)(H,24,27). The smallest absolute Gasteiger partial charge is 0.336 e.